The summed E-state index contributed by atoms with van der Waals surface area (Å²) in [5.74, 6) is 0.530. The van der Waals surface area contributed by atoms with Crippen molar-refractivity contribution in [1.82, 2.24) is 35.1 Å². The molecule has 1 amide bonds. The molecule has 40 heavy (non-hydrogen) atoms. The molecule has 5 heterocycles. The van der Waals surface area contributed by atoms with Crippen LogP contribution in [-0.2, 0) is 11.2 Å². The van der Waals surface area contributed by atoms with Gasteiger partial charge >= 0.3 is 0 Å². The number of hydrogen-bond acceptors (Lipinski definition) is 6. The number of H-pyrrole nitrogens is 2. The number of nitrogens with one attached hydrogen (secondary N) is 3. The molecule has 2 aromatic carbocycles. The van der Waals surface area contributed by atoms with E-state index >= 15 is 0 Å². The van der Waals surface area contributed by atoms with Crippen molar-refractivity contribution >= 4 is 33.5 Å². The van der Waals surface area contributed by atoms with Gasteiger partial charge in [0.2, 0.25) is 5.91 Å². The maximum absolute atomic E-state index is 12.6. The van der Waals surface area contributed by atoms with Gasteiger partial charge in [-0.1, -0.05) is 48.5 Å². The van der Waals surface area contributed by atoms with Gasteiger partial charge in [-0.15, -0.1) is 0 Å². The number of hydrogen-bond donors (Lipinski definition) is 3. The molecule has 192 valence electrons. The van der Waals surface area contributed by atoms with Crippen molar-refractivity contribution in [3.63, 3.8) is 0 Å². The summed E-state index contributed by atoms with van der Waals surface area (Å²) in [6.07, 6.45) is 7.15. The normalized spacial score (nSPS) is 11.2. The number of aromatic amines is 2. The molecule has 0 unspecified atom stereocenters. The van der Waals surface area contributed by atoms with E-state index in [0.29, 0.717) is 22.9 Å². The first-order valence-corrected chi connectivity index (χ1v) is 12.7. The molecule has 9 heteroatoms. The van der Waals surface area contributed by atoms with Crippen molar-refractivity contribution < 1.29 is 4.79 Å². The second-order valence-electron chi connectivity index (χ2n) is 9.36. The van der Waals surface area contributed by atoms with Gasteiger partial charge in [0.05, 0.1) is 52.4 Å². The highest BCUT2D eigenvalue weighted by atomic mass is 16.1. The number of imidazole rings is 1. The molecule has 0 aliphatic rings. The lowest BCUT2D eigenvalue weighted by Gasteiger charge is -2.07. The predicted molar refractivity (Wildman–Crippen MR) is 154 cm³/mol. The molecule has 0 saturated carbocycles. The summed E-state index contributed by atoms with van der Waals surface area (Å²) in [5, 5.41) is 11.4. The van der Waals surface area contributed by atoms with Gasteiger partial charge in [0, 0.05) is 28.9 Å². The molecule has 0 saturated heterocycles. The molecule has 7 rings (SSSR count). The van der Waals surface area contributed by atoms with Gasteiger partial charge in [-0.3, -0.25) is 24.8 Å². The quantitative estimate of drug-likeness (QED) is 0.253. The first-order chi connectivity index (χ1) is 19.7. The first-order valence-electron chi connectivity index (χ1n) is 12.7. The van der Waals surface area contributed by atoms with Crippen molar-refractivity contribution in [3.05, 3.63) is 109 Å². The summed E-state index contributed by atoms with van der Waals surface area (Å²) in [7, 11) is 0. The van der Waals surface area contributed by atoms with E-state index in [4.69, 9.17) is 4.98 Å². The van der Waals surface area contributed by atoms with Gasteiger partial charge in [0.1, 0.15) is 5.69 Å². The van der Waals surface area contributed by atoms with Crippen LogP contribution in [0.15, 0.2) is 104 Å². The number of carbonyl (C=O) groups is 1. The number of para-hydroxylation sites is 1. The number of fused-ring (bicyclic) bond motifs is 2. The maximum Gasteiger partial charge on any atom is 0.228 e. The lowest BCUT2D eigenvalue weighted by Crippen LogP contribution is -2.14. The number of pyridine rings is 3. The molecule has 5 aromatic heterocycles. The lowest BCUT2D eigenvalue weighted by molar-refractivity contribution is -0.115. The third kappa shape index (κ3) is 4.45. The first kappa shape index (κ1) is 23.4. The van der Waals surface area contributed by atoms with E-state index in [9.17, 15) is 4.79 Å². The fourth-order valence-corrected chi connectivity index (χ4v) is 4.76. The van der Waals surface area contributed by atoms with Gasteiger partial charge in [-0.05, 0) is 35.9 Å². The Balaban J connectivity index is 1.21. The van der Waals surface area contributed by atoms with Gasteiger partial charge in [0.15, 0.2) is 5.82 Å². The minimum absolute atomic E-state index is 0.111. The van der Waals surface area contributed by atoms with Crippen molar-refractivity contribution in [1.29, 1.82) is 0 Å². The lowest BCUT2D eigenvalue weighted by atomic mass is 10.1. The minimum atomic E-state index is -0.111. The Morgan fingerprint density at radius 3 is 2.60 bits per heavy atom. The Labute approximate surface area is 228 Å². The van der Waals surface area contributed by atoms with Crippen LogP contribution in [0.5, 0.6) is 0 Å². The SMILES string of the molecule is O=C(Cc1ccccc1)Nc1cncc(-c2cc3c(-c4nc5c(-c6ccccn6)cccc5[nH]4)n[nH]c3cn2)c1. The van der Waals surface area contributed by atoms with Crippen LogP contribution in [0.2, 0.25) is 0 Å². The molecule has 0 radical (unpaired) electrons. The standard InChI is InChI=1S/C31H22N8O/c40-28(13-19-7-2-1-3-8-19)35-21-14-20(16-32-17-21)26-15-23-27(18-34-26)38-39-30(23)31-36-25-11-6-9-22(29(25)37-31)24-10-4-5-12-33-24/h1-12,14-18H,13H2,(H,35,40)(H,36,37)(H,38,39). The zero-order valence-electron chi connectivity index (χ0n) is 21.2. The average Bonchev–Trinajstić information content (AvgIpc) is 3.62. The molecule has 9 nitrogen and oxygen atoms in total. The molecule has 3 N–H and O–H groups in total. The van der Waals surface area contributed by atoms with Crippen molar-refractivity contribution in [2.24, 2.45) is 0 Å². The number of nitrogens with zero attached hydrogens (tertiary/aromatic N) is 5. The Kier molecular flexibility index (Phi) is 5.78. The van der Waals surface area contributed by atoms with Crippen LogP contribution in [0.3, 0.4) is 0 Å². The third-order valence-corrected chi connectivity index (χ3v) is 6.65. The Bertz CT molecular complexity index is 1980. The predicted octanol–water partition coefficient (Wildman–Crippen LogP) is 5.81. The van der Waals surface area contributed by atoms with Gasteiger partial charge in [0.25, 0.3) is 0 Å². The van der Waals surface area contributed by atoms with Crippen LogP contribution in [0.25, 0.3) is 56.0 Å². The summed E-state index contributed by atoms with van der Waals surface area (Å²) in [4.78, 5) is 34.3. The van der Waals surface area contributed by atoms with Gasteiger partial charge in [-0.25, -0.2) is 4.98 Å². The van der Waals surface area contributed by atoms with Gasteiger partial charge < -0.3 is 10.3 Å². The molecular formula is C31H22N8O. The number of anilines is 1. The fraction of sp³-hybridized carbons (Fsp3) is 0.0323. The van der Waals surface area contributed by atoms with E-state index in [-0.39, 0.29) is 12.3 Å². The summed E-state index contributed by atoms with van der Waals surface area (Å²) in [6, 6.07) is 25.2. The van der Waals surface area contributed by atoms with Crippen molar-refractivity contribution in [3.8, 4) is 34.0 Å². The molecule has 0 spiro atoms. The van der Waals surface area contributed by atoms with E-state index in [1.807, 2.05) is 78.9 Å². The zero-order valence-corrected chi connectivity index (χ0v) is 21.2. The topological polar surface area (TPSA) is 125 Å². The number of carbonyl (C=O) groups excluding carboxylic acids is 1. The largest absolute Gasteiger partial charge is 0.337 e. The highest BCUT2D eigenvalue weighted by molar-refractivity contribution is 5.97. The van der Waals surface area contributed by atoms with Gasteiger partial charge in [-0.2, -0.15) is 5.10 Å². The highest BCUT2D eigenvalue weighted by Crippen LogP contribution is 2.32. The monoisotopic (exact) mass is 522 g/mol. The average molecular weight is 523 g/mol. The van der Waals surface area contributed by atoms with Crippen LogP contribution < -0.4 is 5.32 Å². The minimum Gasteiger partial charge on any atom is -0.337 e. The number of aromatic nitrogens is 7. The third-order valence-electron chi connectivity index (χ3n) is 6.65. The molecule has 7 aromatic rings. The second-order valence-corrected chi connectivity index (χ2v) is 9.36. The van der Waals surface area contributed by atoms with Crippen molar-refractivity contribution in [2.45, 2.75) is 6.42 Å². The van der Waals surface area contributed by atoms with E-state index in [1.54, 1.807) is 24.8 Å². The molecule has 0 fully saturated rings. The summed E-state index contributed by atoms with van der Waals surface area (Å²) >= 11 is 0. The van der Waals surface area contributed by atoms with E-state index in [0.717, 1.165) is 44.3 Å². The maximum atomic E-state index is 12.6. The number of rotatable bonds is 6. The molecule has 0 bridgehead atoms. The van der Waals surface area contributed by atoms with Crippen molar-refractivity contribution in [2.75, 3.05) is 5.32 Å². The van der Waals surface area contributed by atoms with Crippen LogP contribution in [0, 0.1) is 0 Å². The summed E-state index contributed by atoms with van der Waals surface area (Å²) in [5.41, 5.74) is 8.00. The Hall–Kier alpha value is -5.70. The molecular weight excluding hydrogens is 500 g/mol. The molecule has 0 aliphatic heterocycles. The smallest absolute Gasteiger partial charge is 0.228 e. The van der Waals surface area contributed by atoms with E-state index < -0.39 is 0 Å². The Morgan fingerprint density at radius 1 is 0.825 bits per heavy atom. The highest BCUT2D eigenvalue weighted by Gasteiger charge is 2.17. The van der Waals surface area contributed by atoms with Crippen LogP contribution in [-0.4, -0.2) is 41.0 Å². The van der Waals surface area contributed by atoms with Crippen LogP contribution >= 0.6 is 0 Å². The van der Waals surface area contributed by atoms with E-state index in [1.165, 1.54) is 0 Å². The fourth-order valence-electron chi connectivity index (χ4n) is 4.76. The second kappa shape index (κ2) is 9.88. The number of amides is 1. The zero-order chi connectivity index (χ0) is 26.9. The van der Waals surface area contributed by atoms with Crippen LogP contribution in [0.1, 0.15) is 5.56 Å². The summed E-state index contributed by atoms with van der Waals surface area (Å²) in [6.45, 7) is 0. The molecule has 0 aliphatic carbocycles. The molecule has 0 atom stereocenters. The van der Waals surface area contributed by atoms with Crippen LogP contribution in [0.4, 0.5) is 5.69 Å². The Morgan fingerprint density at radius 2 is 1.73 bits per heavy atom. The summed E-state index contributed by atoms with van der Waals surface area (Å²) < 4.78 is 0. The van der Waals surface area contributed by atoms with E-state index in [2.05, 4.69) is 35.5 Å². The number of benzene rings is 2.